The van der Waals surface area contributed by atoms with Crippen LogP contribution in [0.1, 0.15) is 30.4 Å². The number of piperidine rings is 1. The van der Waals surface area contributed by atoms with Gasteiger partial charge in [-0.1, -0.05) is 6.07 Å². The Labute approximate surface area is 150 Å². The Bertz CT molecular complexity index is 569. The molecule has 1 aliphatic heterocycles. The molecule has 1 saturated heterocycles. The fraction of sp³-hybridized carbons (Fsp3) is 0.700. The third-order valence-corrected chi connectivity index (χ3v) is 6.09. The summed E-state index contributed by atoms with van der Waals surface area (Å²) in [4.78, 5) is 2.40. The molecule has 1 spiro atoms. The Morgan fingerprint density at radius 2 is 1.92 bits per heavy atom. The maximum Gasteiger partial charge on any atom is 0.119 e. The molecule has 2 aliphatic rings. The van der Waals surface area contributed by atoms with Crippen molar-refractivity contribution in [2.24, 2.45) is 5.41 Å². The van der Waals surface area contributed by atoms with E-state index in [1.165, 1.54) is 11.1 Å². The smallest absolute Gasteiger partial charge is 0.119 e. The van der Waals surface area contributed by atoms with Crippen LogP contribution in [0.15, 0.2) is 18.2 Å². The number of aryl methyl sites for hydroxylation is 2. The van der Waals surface area contributed by atoms with Gasteiger partial charge in [-0.2, -0.15) is 0 Å². The third kappa shape index (κ3) is 4.00. The number of aliphatic hydroxyl groups is 2. The lowest BCUT2D eigenvalue weighted by Gasteiger charge is -2.56. The van der Waals surface area contributed by atoms with Gasteiger partial charge in [0.15, 0.2) is 0 Å². The normalized spacial score (nSPS) is 25.8. The van der Waals surface area contributed by atoms with Crippen LogP contribution in [0, 0.1) is 19.3 Å². The van der Waals surface area contributed by atoms with Crippen LogP contribution in [0.2, 0.25) is 0 Å². The lowest BCUT2D eigenvalue weighted by atomic mass is 9.58. The second kappa shape index (κ2) is 8.04. The topological polar surface area (TPSA) is 62.2 Å². The van der Waals surface area contributed by atoms with Crippen molar-refractivity contribution in [3.8, 4) is 5.75 Å². The van der Waals surface area contributed by atoms with E-state index in [4.69, 9.17) is 14.6 Å². The first-order valence-electron chi connectivity index (χ1n) is 9.38. The van der Waals surface area contributed by atoms with Crippen LogP contribution >= 0.6 is 0 Å². The Kier molecular flexibility index (Phi) is 6.00. The molecule has 140 valence electrons. The summed E-state index contributed by atoms with van der Waals surface area (Å²) in [7, 11) is 0. The molecule has 0 radical (unpaired) electrons. The van der Waals surface area contributed by atoms with Crippen LogP contribution in [0.5, 0.6) is 5.75 Å². The van der Waals surface area contributed by atoms with Gasteiger partial charge in [-0.3, -0.25) is 4.90 Å². The van der Waals surface area contributed by atoms with Crippen molar-refractivity contribution in [1.29, 1.82) is 0 Å². The molecule has 0 unspecified atom stereocenters. The fourth-order valence-electron chi connectivity index (χ4n) is 4.10. The lowest BCUT2D eigenvalue weighted by Crippen LogP contribution is -2.62. The van der Waals surface area contributed by atoms with Crippen LogP contribution in [-0.2, 0) is 4.74 Å². The van der Waals surface area contributed by atoms with Gasteiger partial charge in [0.2, 0.25) is 0 Å². The van der Waals surface area contributed by atoms with Gasteiger partial charge in [-0.25, -0.2) is 0 Å². The zero-order valence-electron chi connectivity index (χ0n) is 15.4. The van der Waals surface area contributed by atoms with E-state index in [0.29, 0.717) is 19.6 Å². The molecular formula is C20H31NO4. The maximum absolute atomic E-state index is 10.3. The predicted octanol–water partition coefficient (Wildman–Crippen LogP) is 1.91. The summed E-state index contributed by atoms with van der Waals surface area (Å²) in [5.74, 6) is 0.934. The SMILES string of the molecule is Cc1ccc(OCCN2CCC3(CC2)[C@@H](O)C[C@H]3OCCO)cc1C. The summed E-state index contributed by atoms with van der Waals surface area (Å²) in [5, 5.41) is 19.2. The van der Waals surface area contributed by atoms with Crippen molar-refractivity contribution < 1.29 is 19.7 Å². The molecule has 0 aromatic heterocycles. The predicted molar refractivity (Wildman–Crippen MR) is 97.0 cm³/mol. The van der Waals surface area contributed by atoms with Gasteiger partial charge in [0, 0.05) is 18.4 Å². The van der Waals surface area contributed by atoms with Gasteiger partial charge in [-0.05, 0) is 63.0 Å². The maximum atomic E-state index is 10.3. The summed E-state index contributed by atoms with van der Waals surface area (Å²) >= 11 is 0. The van der Waals surface area contributed by atoms with Crippen LogP contribution in [0.3, 0.4) is 0 Å². The summed E-state index contributed by atoms with van der Waals surface area (Å²) < 4.78 is 11.6. The van der Waals surface area contributed by atoms with Crippen molar-refractivity contribution in [1.82, 2.24) is 4.90 Å². The molecule has 1 saturated carbocycles. The average molecular weight is 349 g/mol. The monoisotopic (exact) mass is 349 g/mol. The summed E-state index contributed by atoms with van der Waals surface area (Å²) in [5.41, 5.74) is 2.44. The standard InChI is InChI=1S/C20H31NO4/c1-15-3-4-17(13-16(15)2)24-11-9-21-7-5-20(6-8-21)18(23)14-19(20)25-12-10-22/h3-4,13,18-19,22-23H,5-12,14H2,1-2H3/t18-,19+/m0/s1. The second-order valence-corrected chi connectivity index (χ2v) is 7.50. The molecule has 2 fully saturated rings. The van der Waals surface area contributed by atoms with Crippen LogP contribution in [-0.4, -0.2) is 66.8 Å². The number of benzene rings is 1. The highest BCUT2D eigenvalue weighted by Gasteiger charge is 2.55. The van der Waals surface area contributed by atoms with Crippen molar-refractivity contribution in [3.05, 3.63) is 29.3 Å². The van der Waals surface area contributed by atoms with Gasteiger partial charge < -0.3 is 19.7 Å². The Hall–Kier alpha value is -1.14. The van der Waals surface area contributed by atoms with Gasteiger partial charge in [-0.15, -0.1) is 0 Å². The molecule has 3 rings (SSSR count). The summed E-state index contributed by atoms with van der Waals surface area (Å²) in [6, 6.07) is 6.22. The second-order valence-electron chi connectivity index (χ2n) is 7.50. The van der Waals surface area contributed by atoms with E-state index >= 15 is 0 Å². The van der Waals surface area contributed by atoms with Gasteiger partial charge in [0.1, 0.15) is 12.4 Å². The first kappa shape index (κ1) is 18.6. The lowest BCUT2D eigenvalue weighted by molar-refractivity contribution is -0.213. The van der Waals surface area contributed by atoms with E-state index in [9.17, 15) is 5.11 Å². The van der Waals surface area contributed by atoms with E-state index in [1.54, 1.807) is 0 Å². The molecule has 2 N–H and O–H groups in total. The van der Waals surface area contributed by atoms with E-state index in [-0.39, 0.29) is 24.2 Å². The average Bonchev–Trinajstić information content (AvgIpc) is 2.62. The molecule has 2 atom stereocenters. The zero-order valence-corrected chi connectivity index (χ0v) is 15.4. The minimum atomic E-state index is -0.259. The number of nitrogens with zero attached hydrogens (tertiary/aromatic N) is 1. The fourth-order valence-corrected chi connectivity index (χ4v) is 4.10. The summed E-state index contributed by atoms with van der Waals surface area (Å²) in [6.07, 6.45) is 2.45. The third-order valence-electron chi connectivity index (χ3n) is 6.09. The Morgan fingerprint density at radius 1 is 1.16 bits per heavy atom. The molecule has 25 heavy (non-hydrogen) atoms. The Balaban J connectivity index is 1.42. The number of hydrogen-bond acceptors (Lipinski definition) is 5. The first-order valence-corrected chi connectivity index (χ1v) is 9.38. The molecule has 1 heterocycles. The van der Waals surface area contributed by atoms with E-state index in [2.05, 4.69) is 30.9 Å². The molecule has 0 bridgehead atoms. The zero-order chi connectivity index (χ0) is 17.9. The van der Waals surface area contributed by atoms with Gasteiger partial charge in [0.25, 0.3) is 0 Å². The molecule has 0 amide bonds. The highest BCUT2D eigenvalue weighted by Crippen LogP contribution is 2.50. The highest BCUT2D eigenvalue weighted by molar-refractivity contribution is 5.33. The quantitative estimate of drug-likeness (QED) is 0.787. The van der Waals surface area contributed by atoms with Crippen LogP contribution in [0.25, 0.3) is 0 Å². The number of aliphatic hydroxyl groups excluding tert-OH is 2. The first-order chi connectivity index (χ1) is 12.0. The number of ether oxygens (including phenoxy) is 2. The molecular weight excluding hydrogens is 318 g/mol. The minimum Gasteiger partial charge on any atom is -0.492 e. The Morgan fingerprint density at radius 3 is 2.56 bits per heavy atom. The molecule has 5 nitrogen and oxygen atoms in total. The van der Waals surface area contributed by atoms with Crippen molar-refractivity contribution >= 4 is 0 Å². The van der Waals surface area contributed by atoms with Crippen molar-refractivity contribution in [2.75, 3.05) is 39.5 Å². The minimum absolute atomic E-state index is 0.0463. The largest absolute Gasteiger partial charge is 0.492 e. The van der Waals surface area contributed by atoms with Crippen LogP contribution in [0.4, 0.5) is 0 Å². The van der Waals surface area contributed by atoms with E-state index in [0.717, 1.165) is 38.2 Å². The molecule has 1 aromatic carbocycles. The van der Waals surface area contributed by atoms with Crippen molar-refractivity contribution in [2.45, 2.75) is 45.3 Å². The number of hydrogen-bond donors (Lipinski definition) is 2. The number of rotatable bonds is 7. The van der Waals surface area contributed by atoms with E-state index in [1.807, 2.05) is 6.07 Å². The van der Waals surface area contributed by atoms with Gasteiger partial charge in [0.05, 0.1) is 25.4 Å². The van der Waals surface area contributed by atoms with E-state index < -0.39 is 0 Å². The molecule has 5 heteroatoms. The highest BCUT2D eigenvalue weighted by atomic mass is 16.5. The molecule has 1 aromatic rings. The van der Waals surface area contributed by atoms with Gasteiger partial charge >= 0.3 is 0 Å². The van der Waals surface area contributed by atoms with Crippen LogP contribution < -0.4 is 4.74 Å². The van der Waals surface area contributed by atoms with Crippen molar-refractivity contribution in [3.63, 3.8) is 0 Å². The number of likely N-dealkylation sites (tertiary alicyclic amines) is 1. The summed E-state index contributed by atoms with van der Waals surface area (Å²) in [6.45, 7) is 8.14. The molecule has 1 aliphatic carbocycles.